The van der Waals surface area contributed by atoms with E-state index in [2.05, 4.69) is 5.32 Å². The molecule has 1 aromatic rings. The highest BCUT2D eigenvalue weighted by Gasteiger charge is 2.36. The van der Waals surface area contributed by atoms with E-state index in [1.165, 1.54) is 0 Å². The Hall–Kier alpha value is -1.56. The fourth-order valence-corrected chi connectivity index (χ4v) is 2.57. The molecular formula is C14H16F3NO2. The summed E-state index contributed by atoms with van der Waals surface area (Å²) in [5.41, 5.74) is 0.390. The summed E-state index contributed by atoms with van der Waals surface area (Å²) in [4.78, 5) is 11.2. The Bertz CT molecular complexity index is 501. The summed E-state index contributed by atoms with van der Waals surface area (Å²) < 4.78 is 36.2. The number of hydrogen-bond donors (Lipinski definition) is 2. The molecule has 0 fully saturated rings. The molecule has 1 unspecified atom stereocenters. The molecule has 1 aliphatic carbocycles. The first-order valence-electron chi connectivity index (χ1n) is 6.44. The zero-order valence-corrected chi connectivity index (χ0v) is 10.8. The molecule has 0 saturated carbocycles. The van der Waals surface area contributed by atoms with Crippen LogP contribution in [-0.4, -0.2) is 23.7 Å². The fraction of sp³-hybridized carbons (Fsp3) is 0.500. The van der Waals surface area contributed by atoms with Gasteiger partial charge in [0.25, 0.3) is 0 Å². The third-order valence-corrected chi connectivity index (χ3v) is 3.49. The summed E-state index contributed by atoms with van der Waals surface area (Å²) in [6.07, 6.45) is -4.06. The molecule has 3 nitrogen and oxygen atoms in total. The Kier molecular flexibility index (Phi) is 4.04. The molecule has 1 aliphatic rings. The van der Waals surface area contributed by atoms with Gasteiger partial charge in [-0.3, -0.25) is 4.79 Å². The van der Waals surface area contributed by atoms with Crippen molar-refractivity contribution in [1.82, 2.24) is 5.32 Å². The van der Waals surface area contributed by atoms with Gasteiger partial charge in [0, 0.05) is 0 Å². The number of rotatable bonds is 3. The number of alkyl halides is 3. The molecule has 1 amide bonds. The molecule has 2 rings (SSSR count). The van der Waals surface area contributed by atoms with Crippen molar-refractivity contribution in [2.45, 2.75) is 37.5 Å². The summed E-state index contributed by atoms with van der Waals surface area (Å²) >= 11 is 0. The Balaban J connectivity index is 2.04. The number of aliphatic hydroxyl groups is 1. The Morgan fingerprint density at radius 1 is 1.35 bits per heavy atom. The van der Waals surface area contributed by atoms with Gasteiger partial charge in [-0.25, -0.2) is 0 Å². The zero-order valence-electron chi connectivity index (χ0n) is 10.8. The predicted octanol–water partition coefficient (Wildman–Crippen LogP) is 2.28. The van der Waals surface area contributed by atoms with Crippen molar-refractivity contribution in [3.63, 3.8) is 0 Å². The van der Waals surface area contributed by atoms with Crippen LogP contribution in [0.1, 0.15) is 30.4 Å². The standard InChI is InChI=1S/C14H16F3NO2/c15-14(16,17)8-12(19)18-9-13(20)7-3-5-10-4-1-2-6-11(10)13/h1-2,4,6,20H,3,5,7-9H2,(H,18,19). The lowest BCUT2D eigenvalue weighted by atomic mass is 9.79. The van der Waals surface area contributed by atoms with Crippen molar-refractivity contribution in [2.75, 3.05) is 6.54 Å². The normalized spacial score (nSPS) is 22.2. The molecule has 0 radical (unpaired) electrons. The first kappa shape index (κ1) is 14.8. The van der Waals surface area contributed by atoms with Gasteiger partial charge in [0.15, 0.2) is 0 Å². The first-order valence-corrected chi connectivity index (χ1v) is 6.44. The molecule has 6 heteroatoms. The molecule has 1 aromatic carbocycles. The van der Waals surface area contributed by atoms with E-state index in [-0.39, 0.29) is 6.54 Å². The molecule has 0 saturated heterocycles. The number of hydrogen-bond acceptors (Lipinski definition) is 2. The van der Waals surface area contributed by atoms with Gasteiger partial charge in [-0.1, -0.05) is 24.3 Å². The Morgan fingerprint density at radius 3 is 2.75 bits per heavy atom. The van der Waals surface area contributed by atoms with Gasteiger partial charge < -0.3 is 10.4 Å². The highest BCUT2D eigenvalue weighted by Crippen LogP contribution is 2.34. The lowest BCUT2D eigenvalue weighted by Crippen LogP contribution is -2.43. The van der Waals surface area contributed by atoms with Crippen LogP contribution in [0.2, 0.25) is 0 Å². The van der Waals surface area contributed by atoms with Crippen LogP contribution in [0.15, 0.2) is 24.3 Å². The number of benzene rings is 1. The highest BCUT2D eigenvalue weighted by molar-refractivity contribution is 5.76. The van der Waals surface area contributed by atoms with E-state index in [4.69, 9.17) is 0 Å². The van der Waals surface area contributed by atoms with Crippen LogP contribution in [-0.2, 0) is 16.8 Å². The number of halogens is 3. The molecule has 20 heavy (non-hydrogen) atoms. The van der Waals surface area contributed by atoms with Crippen LogP contribution in [0, 0.1) is 0 Å². The third kappa shape index (κ3) is 3.50. The van der Waals surface area contributed by atoms with Gasteiger partial charge in [-0.2, -0.15) is 13.2 Å². The molecule has 0 aromatic heterocycles. The molecular weight excluding hydrogens is 271 g/mol. The van der Waals surface area contributed by atoms with Crippen LogP contribution in [0.4, 0.5) is 13.2 Å². The van der Waals surface area contributed by atoms with E-state index < -0.39 is 24.1 Å². The van der Waals surface area contributed by atoms with Gasteiger partial charge in [0.1, 0.15) is 12.0 Å². The number of carbonyl (C=O) groups excluding carboxylic acids is 1. The number of nitrogens with one attached hydrogen (secondary N) is 1. The maximum absolute atomic E-state index is 12.1. The van der Waals surface area contributed by atoms with Crippen molar-refractivity contribution in [1.29, 1.82) is 0 Å². The summed E-state index contributed by atoms with van der Waals surface area (Å²) in [7, 11) is 0. The number of fused-ring (bicyclic) bond motifs is 1. The van der Waals surface area contributed by atoms with Crippen LogP contribution >= 0.6 is 0 Å². The van der Waals surface area contributed by atoms with E-state index in [1.54, 1.807) is 12.1 Å². The summed E-state index contributed by atoms with van der Waals surface area (Å²) in [5.74, 6) is -1.12. The molecule has 1 atom stereocenters. The summed E-state index contributed by atoms with van der Waals surface area (Å²) in [6.45, 7) is -0.196. The van der Waals surface area contributed by atoms with Crippen LogP contribution in [0.5, 0.6) is 0 Å². The lowest BCUT2D eigenvalue weighted by Gasteiger charge is -2.34. The minimum atomic E-state index is -4.53. The third-order valence-electron chi connectivity index (χ3n) is 3.49. The van der Waals surface area contributed by atoms with E-state index >= 15 is 0 Å². The first-order chi connectivity index (χ1) is 9.30. The average Bonchev–Trinajstić information content (AvgIpc) is 2.35. The van der Waals surface area contributed by atoms with Crippen LogP contribution in [0.3, 0.4) is 0 Å². The molecule has 0 bridgehead atoms. The number of aryl methyl sites for hydroxylation is 1. The van der Waals surface area contributed by atoms with Crippen molar-refractivity contribution in [2.24, 2.45) is 0 Å². The topological polar surface area (TPSA) is 49.3 Å². The molecule has 110 valence electrons. The second-order valence-corrected chi connectivity index (χ2v) is 5.11. The minimum Gasteiger partial charge on any atom is -0.383 e. The van der Waals surface area contributed by atoms with Crippen molar-refractivity contribution < 1.29 is 23.1 Å². The van der Waals surface area contributed by atoms with Gasteiger partial charge in [0.05, 0.1) is 6.54 Å². The maximum Gasteiger partial charge on any atom is 0.397 e. The van der Waals surface area contributed by atoms with Crippen LogP contribution in [0.25, 0.3) is 0 Å². The smallest absolute Gasteiger partial charge is 0.383 e. The zero-order chi connectivity index (χ0) is 14.8. The lowest BCUT2D eigenvalue weighted by molar-refractivity contribution is -0.154. The van der Waals surface area contributed by atoms with Crippen molar-refractivity contribution in [3.05, 3.63) is 35.4 Å². The minimum absolute atomic E-state index is 0.196. The largest absolute Gasteiger partial charge is 0.397 e. The number of amides is 1. The average molecular weight is 287 g/mol. The fourth-order valence-electron chi connectivity index (χ4n) is 2.57. The van der Waals surface area contributed by atoms with Gasteiger partial charge in [-0.15, -0.1) is 0 Å². The van der Waals surface area contributed by atoms with E-state index in [1.807, 2.05) is 12.1 Å². The van der Waals surface area contributed by atoms with Gasteiger partial charge >= 0.3 is 6.18 Å². The Labute approximate surface area is 114 Å². The van der Waals surface area contributed by atoms with Crippen molar-refractivity contribution in [3.8, 4) is 0 Å². The Morgan fingerprint density at radius 2 is 2.05 bits per heavy atom. The molecule has 2 N–H and O–H groups in total. The monoisotopic (exact) mass is 287 g/mol. The van der Waals surface area contributed by atoms with Crippen molar-refractivity contribution >= 4 is 5.91 Å². The number of carbonyl (C=O) groups is 1. The molecule has 0 heterocycles. The van der Waals surface area contributed by atoms with E-state index in [9.17, 15) is 23.1 Å². The SMILES string of the molecule is O=C(CC(F)(F)F)NCC1(O)CCCc2ccccc21. The molecule has 0 aliphatic heterocycles. The van der Waals surface area contributed by atoms with Gasteiger partial charge in [-0.05, 0) is 30.4 Å². The highest BCUT2D eigenvalue weighted by atomic mass is 19.4. The predicted molar refractivity (Wildman–Crippen MR) is 67.0 cm³/mol. The van der Waals surface area contributed by atoms with Crippen LogP contribution < -0.4 is 5.32 Å². The second-order valence-electron chi connectivity index (χ2n) is 5.11. The summed E-state index contributed by atoms with van der Waals surface area (Å²) in [6, 6.07) is 7.26. The van der Waals surface area contributed by atoms with E-state index in [0.717, 1.165) is 18.4 Å². The quantitative estimate of drug-likeness (QED) is 0.896. The molecule has 0 spiro atoms. The van der Waals surface area contributed by atoms with E-state index in [0.29, 0.717) is 12.0 Å². The summed E-state index contributed by atoms with van der Waals surface area (Å²) in [5, 5.41) is 12.8. The maximum atomic E-state index is 12.1. The van der Waals surface area contributed by atoms with Gasteiger partial charge in [0.2, 0.25) is 5.91 Å². The second kappa shape index (κ2) is 5.44.